The van der Waals surface area contributed by atoms with Gasteiger partial charge in [0.15, 0.2) is 11.5 Å². The van der Waals surface area contributed by atoms with E-state index in [1.807, 2.05) is 30.3 Å². The smallest absolute Gasteiger partial charge is 0.255 e. The molecule has 0 heterocycles. The van der Waals surface area contributed by atoms with Crippen LogP contribution in [0.2, 0.25) is 0 Å². The van der Waals surface area contributed by atoms with Gasteiger partial charge in [-0.2, -0.15) is 0 Å². The zero-order chi connectivity index (χ0) is 19.2. The minimum absolute atomic E-state index is 0.296. The summed E-state index contributed by atoms with van der Waals surface area (Å²) in [5.41, 5.74) is 2.73. The SMILES string of the molecule is COc1ccc(Nc2ccc(NC(=O)c3ccc(F)cc3)cc2)cc1OC. The maximum absolute atomic E-state index is 12.9. The Labute approximate surface area is 156 Å². The number of halogens is 1. The second-order valence-electron chi connectivity index (χ2n) is 5.73. The van der Waals surface area contributed by atoms with Crippen LogP contribution in [0.3, 0.4) is 0 Å². The minimum atomic E-state index is -0.378. The number of nitrogens with one attached hydrogen (secondary N) is 2. The second kappa shape index (κ2) is 8.23. The summed E-state index contributed by atoms with van der Waals surface area (Å²) in [6, 6.07) is 18.2. The predicted molar refractivity (Wildman–Crippen MR) is 104 cm³/mol. The van der Waals surface area contributed by atoms with E-state index in [-0.39, 0.29) is 11.7 Å². The van der Waals surface area contributed by atoms with Gasteiger partial charge >= 0.3 is 0 Å². The molecule has 3 rings (SSSR count). The Bertz CT molecular complexity index is 925. The van der Waals surface area contributed by atoms with E-state index in [9.17, 15) is 9.18 Å². The Kier molecular flexibility index (Phi) is 5.56. The third kappa shape index (κ3) is 4.55. The molecule has 0 aromatic heterocycles. The molecule has 5 nitrogen and oxygen atoms in total. The van der Waals surface area contributed by atoms with Crippen molar-refractivity contribution in [2.45, 2.75) is 0 Å². The number of carbonyl (C=O) groups excluding carboxylic acids is 1. The van der Waals surface area contributed by atoms with Crippen LogP contribution in [-0.4, -0.2) is 20.1 Å². The Hall–Kier alpha value is -3.54. The quantitative estimate of drug-likeness (QED) is 0.655. The lowest BCUT2D eigenvalue weighted by atomic mass is 10.2. The van der Waals surface area contributed by atoms with Gasteiger partial charge in [-0.3, -0.25) is 4.79 Å². The van der Waals surface area contributed by atoms with Crippen molar-refractivity contribution in [3.63, 3.8) is 0 Å². The van der Waals surface area contributed by atoms with E-state index in [4.69, 9.17) is 9.47 Å². The number of hydrogen-bond donors (Lipinski definition) is 2. The van der Waals surface area contributed by atoms with Crippen LogP contribution < -0.4 is 20.1 Å². The van der Waals surface area contributed by atoms with Crippen LogP contribution >= 0.6 is 0 Å². The molecule has 3 aromatic rings. The number of rotatable bonds is 6. The van der Waals surface area contributed by atoms with E-state index < -0.39 is 0 Å². The minimum Gasteiger partial charge on any atom is -0.493 e. The summed E-state index contributed by atoms with van der Waals surface area (Å²) in [6.07, 6.45) is 0. The van der Waals surface area contributed by atoms with Gasteiger partial charge in [-0.15, -0.1) is 0 Å². The van der Waals surface area contributed by atoms with Gasteiger partial charge in [-0.05, 0) is 60.7 Å². The first-order valence-corrected chi connectivity index (χ1v) is 8.25. The zero-order valence-electron chi connectivity index (χ0n) is 15.0. The van der Waals surface area contributed by atoms with Crippen LogP contribution in [0.1, 0.15) is 10.4 Å². The number of carbonyl (C=O) groups is 1. The molecule has 0 aliphatic heterocycles. The molecule has 1 amide bonds. The van der Waals surface area contributed by atoms with Crippen LogP contribution in [0.15, 0.2) is 66.7 Å². The molecule has 0 saturated heterocycles. The van der Waals surface area contributed by atoms with Crippen LogP contribution in [0.4, 0.5) is 21.5 Å². The Morgan fingerprint density at radius 1 is 0.778 bits per heavy atom. The summed E-state index contributed by atoms with van der Waals surface area (Å²) >= 11 is 0. The molecular formula is C21H19FN2O3. The van der Waals surface area contributed by atoms with Crippen LogP contribution in [-0.2, 0) is 0 Å². The number of ether oxygens (including phenoxy) is 2. The number of anilines is 3. The molecule has 27 heavy (non-hydrogen) atoms. The van der Waals surface area contributed by atoms with Gasteiger partial charge in [0.25, 0.3) is 5.91 Å². The summed E-state index contributed by atoms with van der Waals surface area (Å²) in [5, 5.41) is 6.03. The molecule has 138 valence electrons. The monoisotopic (exact) mass is 366 g/mol. The van der Waals surface area contributed by atoms with Crippen molar-refractivity contribution < 1.29 is 18.7 Å². The van der Waals surface area contributed by atoms with Gasteiger partial charge < -0.3 is 20.1 Å². The van der Waals surface area contributed by atoms with E-state index in [0.29, 0.717) is 22.7 Å². The molecule has 0 unspecified atom stereocenters. The van der Waals surface area contributed by atoms with Crippen molar-refractivity contribution in [1.82, 2.24) is 0 Å². The van der Waals surface area contributed by atoms with Crippen molar-refractivity contribution in [3.05, 3.63) is 78.1 Å². The predicted octanol–water partition coefficient (Wildman–Crippen LogP) is 4.84. The average molecular weight is 366 g/mol. The van der Waals surface area contributed by atoms with Crippen LogP contribution in [0, 0.1) is 5.82 Å². The van der Waals surface area contributed by atoms with Gasteiger partial charge in [-0.25, -0.2) is 4.39 Å². The van der Waals surface area contributed by atoms with Gasteiger partial charge in [0, 0.05) is 28.7 Å². The number of amides is 1. The van der Waals surface area contributed by atoms with Crippen molar-refractivity contribution in [2.75, 3.05) is 24.9 Å². The number of methoxy groups -OCH3 is 2. The molecule has 0 aliphatic rings. The average Bonchev–Trinajstić information content (AvgIpc) is 2.69. The highest BCUT2D eigenvalue weighted by atomic mass is 19.1. The summed E-state index contributed by atoms with van der Waals surface area (Å²) in [4.78, 5) is 12.2. The highest BCUT2D eigenvalue weighted by Gasteiger charge is 2.07. The van der Waals surface area contributed by atoms with Crippen molar-refractivity contribution in [2.24, 2.45) is 0 Å². The molecule has 0 atom stereocenters. The maximum atomic E-state index is 12.9. The van der Waals surface area contributed by atoms with Gasteiger partial charge in [0.1, 0.15) is 5.82 Å². The molecule has 0 aliphatic carbocycles. The second-order valence-corrected chi connectivity index (χ2v) is 5.73. The summed E-state index contributed by atoms with van der Waals surface area (Å²) in [6.45, 7) is 0. The van der Waals surface area contributed by atoms with E-state index in [2.05, 4.69) is 10.6 Å². The third-order valence-corrected chi connectivity index (χ3v) is 3.92. The van der Waals surface area contributed by atoms with Crippen molar-refractivity contribution >= 4 is 23.0 Å². The Morgan fingerprint density at radius 2 is 1.37 bits per heavy atom. The molecule has 6 heteroatoms. The van der Waals surface area contributed by atoms with Crippen molar-refractivity contribution in [3.8, 4) is 11.5 Å². The first kappa shape index (κ1) is 18.3. The summed E-state index contributed by atoms with van der Waals surface area (Å²) in [7, 11) is 3.17. The van der Waals surface area contributed by atoms with Gasteiger partial charge in [0.2, 0.25) is 0 Å². The zero-order valence-corrected chi connectivity index (χ0v) is 15.0. The molecule has 0 fully saturated rings. The van der Waals surface area contributed by atoms with Crippen LogP contribution in [0.5, 0.6) is 11.5 Å². The lowest BCUT2D eigenvalue weighted by Crippen LogP contribution is -2.11. The summed E-state index contributed by atoms with van der Waals surface area (Å²) < 4.78 is 23.5. The molecule has 2 N–H and O–H groups in total. The fourth-order valence-electron chi connectivity index (χ4n) is 2.52. The lowest BCUT2D eigenvalue weighted by molar-refractivity contribution is 0.102. The first-order valence-electron chi connectivity index (χ1n) is 8.25. The van der Waals surface area contributed by atoms with Crippen LogP contribution in [0.25, 0.3) is 0 Å². The third-order valence-electron chi connectivity index (χ3n) is 3.92. The molecule has 0 radical (unpaired) electrons. The van der Waals surface area contributed by atoms with Gasteiger partial charge in [-0.1, -0.05) is 0 Å². The maximum Gasteiger partial charge on any atom is 0.255 e. The van der Waals surface area contributed by atoms with E-state index in [0.717, 1.165) is 11.4 Å². The largest absolute Gasteiger partial charge is 0.493 e. The lowest BCUT2D eigenvalue weighted by Gasteiger charge is -2.12. The number of hydrogen-bond acceptors (Lipinski definition) is 4. The fourth-order valence-corrected chi connectivity index (χ4v) is 2.52. The van der Waals surface area contributed by atoms with E-state index >= 15 is 0 Å². The van der Waals surface area contributed by atoms with E-state index in [1.54, 1.807) is 26.4 Å². The van der Waals surface area contributed by atoms with Gasteiger partial charge in [0.05, 0.1) is 14.2 Å². The number of benzene rings is 3. The fraction of sp³-hybridized carbons (Fsp3) is 0.0952. The Morgan fingerprint density at radius 3 is 2.00 bits per heavy atom. The molecular weight excluding hydrogens is 347 g/mol. The molecule has 0 bridgehead atoms. The molecule has 0 saturated carbocycles. The topological polar surface area (TPSA) is 59.6 Å². The summed E-state index contributed by atoms with van der Waals surface area (Å²) in [5.74, 6) is 0.611. The first-order chi connectivity index (χ1) is 13.1. The van der Waals surface area contributed by atoms with E-state index in [1.165, 1.54) is 24.3 Å². The normalized spacial score (nSPS) is 10.2. The standard InChI is InChI=1S/C21H19FN2O3/c1-26-19-12-11-18(13-20(19)27-2)23-16-7-9-17(10-8-16)24-21(25)14-3-5-15(22)6-4-14/h3-13,23H,1-2H3,(H,24,25). The molecule has 3 aromatic carbocycles. The highest BCUT2D eigenvalue weighted by molar-refractivity contribution is 6.04. The van der Waals surface area contributed by atoms with Crippen molar-refractivity contribution in [1.29, 1.82) is 0 Å². The Balaban J connectivity index is 1.66. The molecule has 0 spiro atoms. The highest BCUT2D eigenvalue weighted by Crippen LogP contribution is 2.31.